The zero-order valence-corrected chi connectivity index (χ0v) is 22.4. The van der Waals surface area contributed by atoms with Crippen LogP contribution in [0.25, 0.3) is 11.4 Å². The van der Waals surface area contributed by atoms with E-state index in [-0.39, 0.29) is 0 Å². The molecule has 0 bridgehead atoms. The summed E-state index contributed by atoms with van der Waals surface area (Å²) in [5, 5.41) is 0. The van der Waals surface area contributed by atoms with Crippen molar-refractivity contribution >= 4 is 0 Å². The van der Waals surface area contributed by atoms with Gasteiger partial charge in [0.25, 0.3) is 0 Å². The first-order valence-corrected chi connectivity index (χ1v) is 12.5. The van der Waals surface area contributed by atoms with Crippen molar-refractivity contribution in [1.82, 2.24) is 9.13 Å². The van der Waals surface area contributed by atoms with Gasteiger partial charge in [-0.3, -0.25) is 0 Å². The van der Waals surface area contributed by atoms with Crippen LogP contribution in [0.2, 0.25) is 0 Å². The van der Waals surface area contributed by atoms with Crippen LogP contribution in [-0.2, 0) is 15.6 Å². The van der Waals surface area contributed by atoms with E-state index in [1.54, 1.807) is 0 Å². The zero-order chi connectivity index (χ0) is 23.9. The average Bonchev–Trinajstić information content (AvgIpc) is 2.94. The predicted octanol–water partition coefficient (Wildman–Crippen LogP) is 8.46. The van der Waals surface area contributed by atoms with Gasteiger partial charge in [-0.1, -0.05) is 0 Å². The van der Waals surface area contributed by atoms with Crippen LogP contribution in [0, 0.1) is 18.2 Å². The van der Waals surface area contributed by atoms with Gasteiger partial charge in [0.1, 0.15) is 0 Å². The summed E-state index contributed by atoms with van der Waals surface area (Å²) < 4.78 is 5.51. The maximum atomic E-state index is 6.47. The standard InChI is InChI=1S/C29H40N2.Cu/c1-18(2)24-13-11-14-25(19(3)4)28(24)30-17-31(23(10)22(30)9)29-26(20(5)6)15-12-16-27(29)21(7)8;/h11-16,18-21H,1-10H3;. The van der Waals surface area contributed by atoms with E-state index in [4.69, 9.17) is 15.6 Å². The van der Waals surface area contributed by atoms with Gasteiger partial charge in [0, 0.05) is 0 Å². The fourth-order valence-corrected chi connectivity index (χ4v) is 5.24. The van der Waals surface area contributed by atoms with Gasteiger partial charge in [-0.15, -0.1) is 0 Å². The molecule has 0 aliphatic carbocycles. The van der Waals surface area contributed by atoms with Crippen molar-refractivity contribution < 1.29 is 15.6 Å². The molecule has 2 nitrogen and oxygen atoms in total. The number of para-hydroxylation sites is 2. The second kappa shape index (κ2) is 9.57. The summed E-state index contributed by atoms with van der Waals surface area (Å²) in [4.78, 5) is 0. The van der Waals surface area contributed by atoms with E-state index in [1.165, 1.54) is 45.0 Å². The molecule has 3 aromatic rings. The normalized spacial score (nSPS) is 12.1. The zero-order valence-electron chi connectivity index (χ0n) is 21.5. The first-order chi connectivity index (χ1) is 15.0. The second-order valence-electron chi connectivity index (χ2n) is 10.3. The Kier molecular flexibility index (Phi) is 7.42. The molecule has 1 aromatic heterocycles. The van der Waals surface area contributed by atoms with Crippen LogP contribution in [-0.4, -0.2) is 9.13 Å². The van der Waals surface area contributed by atoms with Gasteiger partial charge in [-0.05, 0) is 0 Å². The first kappa shape index (κ1) is 24.8. The van der Waals surface area contributed by atoms with Crippen molar-refractivity contribution in [2.45, 2.75) is 92.9 Å². The van der Waals surface area contributed by atoms with Crippen molar-refractivity contribution in [3.8, 4) is 11.4 Å². The van der Waals surface area contributed by atoms with E-state index in [2.05, 4.69) is 115 Å². The summed E-state index contributed by atoms with van der Waals surface area (Å²) >= 11 is 6.47. The van der Waals surface area contributed by atoms with Crippen LogP contribution in [0.1, 0.15) is 113 Å². The SMILES string of the molecule is Cc1c(C)n(-c2c(C(C)C)cccc2C(C)C)[c](=[Cu])n1-c1c(C(C)C)cccc1C(C)C. The molecule has 0 aliphatic heterocycles. The molecule has 177 valence electrons. The summed E-state index contributed by atoms with van der Waals surface area (Å²) in [7, 11) is 0. The van der Waals surface area contributed by atoms with Gasteiger partial charge in [0.05, 0.1) is 0 Å². The number of imidazole rings is 1. The molecular formula is C29H40CuN2. The van der Waals surface area contributed by atoms with E-state index >= 15 is 0 Å². The molecule has 2 aromatic carbocycles. The Hall–Kier alpha value is -1.83. The summed E-state index contributed by atoms with van der Waals surface area (Å²) in [5.74, 6) is 1.67. The third-order valence-corrected chi connectivity index (χ3v) is 7.08. The van der Waals surface area contributed by atoms with Gasteiger partial charge >= 0.3 is 203 Å². The van der Waals surface area contributed by atoms with Gasteiger partial charge in [-0.2, -0.15) is 0 Å². The fourth-order valence-electron chi connectivity index (χ4n) is 4.72. The van der Waals surface area contributed by atoms with Crippen LogP contribution >= 0.6 is 0 Å². The van der Waals surface area contributed by atoms with E-state index in [0.29, 0.717) is 23.7 Å². The van der Waals surface area contributed by atoms with Gasteiger partial charge in [0.15, 0.2) is 0 Å². The minimum absolute atomic E-state index is 0.417. The second-order valence-corrected chi connectivity index (χ2v) is 10.7. The molecule has 3 heteroatoms. The molecule has 0 atom stereocenters. The number of aromatic nitrogens is 2. The Labute approximate surface area is 203 Å². The average molecular weight is 480 g/mol. The predicted molar refractivity (Wildman–Crippen MR) is 134 cm³/mol. The Morgan fingerprint density at radius 2 is 0.781 bits per heavy atom. The molecule has 0 unspecified atom stereocenters. The molecule has 0 saturated heterocycles. The molecule has 0 spiro atoms. The van der Waals surface area contributed by atoms with E-state index in [9.17, 15) is 0 Å². The van der Waals surface area contributed by atoms with E-state index in [0.717, 1.165) is 4.32 Å². The van der Waals surface area contributed by atoms with Crippen molar-refractivity contribution in [2.75, 3.05) is 0 Å². The third kappa shape index (κ3) is 4.22. The monoisotopic (exact) mass is 479 g/mol. The van der Waals surface area contributed by atoms with Crippen LogP contribution < -0.4 is 0 Å². The first-order valence-electron chi connectivity index (χ1n) is 12.0. The van der Waals surface area contributed by atoms with Crippen LogP contribution in [0.4, 0.5) is 0 Å². The number of nitrogens with zero attached hydrogens (tertiary/aromatic N) is 2. The van der Waals surface area contributed by atoms with Crippen molar-refractivity contribution in [3.05, 3.63) is 74.4 Å². The molecule has 32 heavy (non-hydrogen) atoms. The third-order valence-electron chi connectivity index (χ3n) is 6.66. The number of hydrogen-bond donors (Lipinski definition) is 0. The molecule has 1 heterocycles. The van der Waals surface area contributed by atoms with E-state index < -0.39 is 0 Å². The molecule has 0 radical (unpaired) electrons. The van der Waals surface area contributed by atoms with E-state index in [1.807, 2.05) is 0 Å². The Morgan fingerprint density at radius 3 is 1.00 bits per heavy atom. The molecule has 0 N–H and O–H groups in total. The van der Waals surface area contributed by atoms with Crippen molar-refractivity contribution in [3.63, 3.8) is 0 Å². The topological polar surface area (TPSA) is 9.86 Å². The summed E-state index contributed by atoms with van der Waals surface area (Å²) in [5.41, 5.74) is 10.4. The summed E-state index contributed by atoms with van der Waals surface area (Å²) in [6.07, 6.45) is 0. The number of rotatable bonds is 6. The quantitative estimate of drug-likeness (QED) is 0.314. The molecular weight excluding hydrogens is 440 g/mol. The summed E-state index contributed by atoms with van der Waals surface area (Å²) in [6, 6.07) is 13.4. The fraction of sp³-hybridized carbons (Fsp3) is 0.483. The van der Waals surface area contributed by atoms with Crippen LogP contribution in [0.5, 0.6) is 0 Å². The molecule has 0 aliphatic rings. The Morgan fingerprint density at radius 1 is 0.531 bits per heavy atom. The molecule has 3 rings (SSSR count). The van der Waals surface area contributed by atoms with Crippen LogP contribution in [0.15, 0.2) is 36.4 Å². The summed E-state index contributed by atoms with van der Waals surface area (Å²) in [6.45, 7) is 22.6. The van der Waals surface area contributed by atoms with Crippen LogP contribution in [0.3, 0.4) is 0 Å². The van der Waals surface area contributed by atoms with Gasteiger partial charge in [-0.25, -0.2) is 0 Å². The van der Waals surface area contributed by atoms with Gasteiger partial charge < -0.3 is 0 Å². The maximum absolute atomic E-state index is 6.47. The minimum atomic E-state index is 0.417. The van der Waals surface area contributed by atoms with Crippen molar-refractivity contribution in [1.29, 1.82) is 0 Å². The Balaban J connectivity index is 2.48. The molecule has 0 saturated carbocycles. The molecule has 0 fully saturated rings. The van der Waals surface area contributed by atoms with Crippen molar-refractivity contribution in [2.24, 2.45) is 0 Å². The number of benzene rings is 2. The molecule has 0 amide bonds. The Bertz CT molecular complexity index is 1030. The van der Waals surface area contributed by atoms with Gasteiger partial charge in [0.2, 0.25) is 0 Å². The number of hydrogen-bond acceptors (Lipinski definition) is 0.